The lowest BCUT2D eigenvalue weighted by molar-refractivity contribution is -0.139. The number of ether oxygens (including phenoxy) is 3. The van der Waals surface area contributed by atoms with E-state index in [1.807, 2.05) is 34.6 Å². The first-order chi connectivity index (χ1) is 18.5. The van der Waals surface area contributed by atoms with Crippen LogP contribution in [0.1, 0.15) is 63.4 Å². The maximum atomic E-state index is 13.7. The summed E-state index contributed by atoms with van der Waals surface area (Å²) in [5.74, 6) is 0.122. The highest BCUT2D eigenvalue weighted by Crippen LogP contribution is 2.42. The average molecular weight is 540 g/mol. The lowest BCUT2D eigenvalue weighted by atomic mass is 9.84. The fourth-order valence-corrected chi connectivity index (χ4v) is 4.70. The van der Waals surface area contributed by atoms with Crippen LogP contribution in [0.5, 0.6) is 17.5 Å². The minimum Gasteiger partial charge on any atom is -0.479 e. The Labute approximate surface area is 227 Å². The number of rotatable bonds is 11. The Morgan fingerprint density at radius 3 is 2.26 bits per heavy atom. The van der Waals surface area contributed by atoms with Gasteiger partial charge in [0.25, 0.3) is 11.8 Å². The number of carbonyl (C=O) groups is 2. The first kappa shape index (κ1) is 28.0. The number of carbonyl (C=O) groups excluding carboxylic acids is 1. The van der Waals surface area contributed by atoms with E-state index in [4.69, 9.17) is 19.9 Å². The molecule has 0 aliphatic carbocycles. The number of hydrogen-bond acceptors (Lipinski definition) is 9. The summed E-state index contributed by atoms with van der Waals surface area (Å²) in [7, 11) is 0. The summed E-state index contributed by atoms with van der Waals surface area (Å²) in [5.41, 5.74) is 8.93. The van der Waals surface area contributed by atoms with Crippen molar-refractivity contribution in [2.45, 2.75) is 59.4 Å². The van der Waals surface area contributed by atoms with Crippen LogP contribution >= 0.6 is 0 Å². The van der Waals surface area contributed by atoms with Gasteiger partial charge in [-0.2, -0.15) is 0 Å². The lowest BCUT2D eigenvalue weighted by Gasteiger charge is -2.29. The molecule has 3 N–H and O–H groups in total. The van der Waals surface area contributed by atoms with Crippen LogP contribution in [0.25, 0.3) is 11.0 Å². The SMILES string of the molecule is CCOc1nc2cn(CC(=O)c3cc(N4CCCC4)c(OCC(=O)O)c(C(C)(C)C)c3)c(N)c2nc1OCC. The van der Waals surface area contributed by atoms with Crippen molar-refractivity contribution in [1.82, 2.24) is 14.5 Å². The van der Waals surface area contributed by atoms with Crippen molar-refractivity contribution in [3.63, 3.8) is 0 Å². The van der Waals surface area contributed by atoms with Crippen molar-refractivity contribution in [2.24, 2.45) is 0 Å². The number of hydrogen-bond donors (Lipinski definition) is 2. The van der Waals surface area contributed by atoms with Crippen molar-refractivity contribution in [3.05, 3.63) is 29.5 Å². The molecule has 4 rings (SSSR count). The molecule has 1 aliphatic rings. The summed E-state index contributed by atoms with van der Waals surface area (Å²) >= 11 is 0. The number of Topliss-reactive ketones (excluding diaryl/α,β-unsaturated/α-hetero) is 1. The highest BCUT2D eigenvalue weighted by atomic mass is 16.5. The summed E-state index contributed by atoms with van der Waals surface area (Å²) in [4.78, 5) is 36.2. The highest BCUT2D eigenvalue weighted by molar-refractivity contribution is 5.99. The second kappa shape index (κ2) is 11.4. The van der Waals surface area contributed by atoms with Crippen LogP contribution in [0.4, 0.5) is 11.5 Å². The topological polar surface area (TPSA) is 142 Å². The predicted molar refractivity (Wildman–Crippen MR) is 148 cm³/mol. The molecule has 1 fully saturated rings. The third-order valence-corrected chi connectivity index (χ3v) is 6.55. The molecule has 0 atom stereocenters. The van der Waals surface area contributed by atoms with Crippen molar-refractivity contribution in [2.75, 3.05) is 43.5 Å². The normalized spacial score (nSPS) is 13.6. The second-order valence-corrected chi connectivity index (χ2v) is 10.5. The molecule has 0 spiro atoms. The van der Waals surface area contributed by atoms with Crippen molar-refractivity contribution < 1.29 is 28.9 Å². The van der Waals surface area contributed by atoms with E-state index in [1.165, 1.54) is 0 Å². The maximum Gasteiger partial charge on any atom is 0.341 e. The fraction of sp³-hybridized carbons (Fsp3) is 0.500. The molecule has 11 nitrogen and oxygen atoms in total. The van der Waals surface area contributed by atoms with E-state index in [-0.39, 0.29) is 24.1 Å². The number of anilines is 2. The lowest BCUT2D eigenvalue weighted by Crippen LogP contribution is -2.24. The smallest absolute Gasteiger partial charge is 0.341 e. The largest absolute Gasteiger partial charge is 0.479 e. The summed E-state index contributed by atoms with van der Waals surface area (Å²) in [6, 6.07) is 3.60. The molecule has 3 heterocycles. The van der Waals surface area contributed by atoms with Gasteiger partial charge in [0.15, 0.2) is 12.4 Å². The molecule has 3 aromatic rings. The Kier molecular flexibility index (Phi) is 8.17. The van der Waals surface area contributed by atoms with E-state index in [1.54, 1.807) is 22.9 Å². The van der Waals surface area contributed by atoms with E-state index in [0.29, 0.717) is 41.4 Å². The first-order valence-corrected chi connectivity index (χ1v) is 13.3. The molecule has 2 aromatic heterocycles. The number of aromatic nitrogens is 3. The summed E-state index contributed by atoms with van der Waals surface area (Å²) in [5, 5.41) is 9.28. The van der Waals surface area contributed by atoms with Gasteiger partial charge in [-0.15, -0.1) is 0 Å². The number of fused-ring (bicyclic) bond motifs is 1. The molecule has 0 unspecified atom stereocenters. The third kappa shape index (κ3) is 6.02. The van der Waals surface area contributed by atoms with Crippen LogP contribution in [0.2, 0.25) is 0 Å². The maximum absolute atomic E-state index is 13.7. The molecule has 0 bridgehead atoms. The van der Waals surface area contributed by atoms with Crippen molar-refractivity contribution in [3.8, 4) is 17.5 Å². The highest BCUT2D eigenvalue weighted by Gasteiger charge is 2.28. The van der Waals surface area contributed by atoms with Crippen LogP contribution in [0.15, 0.2) is 18.3 Å². The van der Waals surface area contributed by atoms with Crippen LogP contribution in [0, 0.1) is 0 Å². The van der Waals surface area contributed by atoms with E-state index in [9.17, 15) is 14.7 Å². The molecule has 0 radical (unpaired) electrons. The number of carboxylic acid groups (broad SMARTS) is 1. The Bertz CT molecular complexity index is 1370. The number of aliphatic carboxylic acids is 1. The third-order valence-electron chi connectivity index (χ3n) is 6.55. The van der Waals surface area contributed by atoms with Gasteiger partial charge in [-0.25, -0.2) is 14.8 Å². The molecule has 1 saturated heterocycles. The van der Waals surface area contributed by atoms with Crippen LogP contribution < -0.4 is 24.8 Å². The van der Waals surface area contributed by atoms with Crippen molar-refractivity contribution >= 4 is 34.3 Å². The molecular formula is C28H37N5O6. The van der Waals surface area contributed by atoms with E-state index in [0.717, 1.165) is 37.2 Å². The van der Waals surface area contributed by atoms with Gasteiger partial charge in [-0.05, 0) is 44.2 Å². The van der Waals surface area contributed by atoms with Gasteiger partial charge in [-0.3, -0.25) is 4.79 Å². The molecule has 1 aliphatic heterocycles. The number of nitrogens with two attached hydrogens (primary N) is 1. The van der Waals surface area contributed by atoms with Crippen LogP contribution in [-0.4, -0.2) is 64.3 Å². The zero-order valence-electron chi connectivity index (χ0n) is 23.2. The molecule has 0 saturated carbocycles. The van der Waals surface area contributed by atoms with Gasteiger partial charge in [0.1, 0.15) is 22.6 Å². The zero-order chi connectivity index (χ0) is 28.3. The van der Waals surface area contributed by atoms with Crippen LogP contribution in [0.3, 0.4) is 0 Å². The summed E-state index contributed by atoms with van der Waals surface area (Å²) in [6.45, 7) is 11.6. The number of benzene rings is 1. The van der Waals surface area contributed by atoms with Gasteiger partial charge in [0.2, 0.25) is 0 Å². The fourth-order valence-electron chi connectivity index (χ4n) is 4.70. The summed E-state index contributed by atoms with van der Waals surface area (Å²) in [6.07, 6.45) is 3.72. The van der Waals surface area contributed by atoms with Gasteiger partial charge < -0.3 is 34.5 Å². The van der Waals surface area contributed by atoms with Crippen molar-refractivity contribution in [1.29, 1.82) is 0 Å². The average Bonchev–Trinajstić information content (AvgIpc) is 3.51. The molecular weight excluding hydrogens is 502 g/mol. The second-order valence-electron chi connectivity index (χ2n) is 10.5. The first-order valence-electron chi connectivity index (χ1n) is 13.3. The molecule has 11 heteroatoms. The Morgan fingerprint density at radius 2 is 1.67 bits per heavy atom. The Morgan fingerprint density at radius 1 is 1.03 bits per heavy atom. The number of ketones is 1. The standard InChI is InChI=1S/C28H37N5O6/c1-6-37-26-27(38-7-2)31-23-19(30-26)14-33(25(23)29)15-21(34)17-12-18(28(3,4)5)24(39-16-22(35)36)20(13-17)32-10-8-9-11-32/h12-14H,6-11,15-16,29H2,1-5H3,(H,35,36). The van der Waals surface area contributed by atoms with E-state index in [2.05, 4.69) is 14.9 Å². The van der Waals surface area contributed by atoms with Crippen LogP contribution in [-0.2, 0) is 16.8 Å². The Balaban J connectivity index is 1.74. The number of nitrogens with zero attached hydrogens (tertiary/aromatic N) is 4. The van der Waals surface area contributed by atoms with Gasteiger partial charge in [0.05, 0.1) is 25.4 Å². The predicted octanol–water partition coefficient (Wildman–Crippen LogP) is 4.05. The zero-order valence-corrected chi connectivity index (χ0v) is 23.2. The Hall–Kier alpha value is -4.02. The molecule has 0 amide bonds. The molecule has 1 aromatic carbocycles. The monoisotopic (exact) mass is 539 g/mol. The quantitative estimate of drug-likeness (QED) is 0.343. The van der Waals surface area contributed by atoms with Gasteiger partial charge >= 0.3 is 5.97 Å². The van der Waals surface area contributed by atoms with E-state index < -0.39 is 18.0 Å². The minimum absolute atomic E-state index is 0.0316. The number of carboxylic acids is 1. The molecule has 39 heavy (non-hydrogen) atoms. The van der Waals surface area contributed by atoms with E-state index >= 15 is 0 Å². The van der Waals surface area contributed by atoms with Gasteiger partial charge in [0, 0.05) is 30.4 Å². The van der Waals surface area contributed by atoms with Gasteiger partial charge in [-0.1, -0.05) is 20.8 Å². The number of nitrogen functional groups attached to an aromatic ring is 1. The summed E-state index contributed by atoms with van der Waals surface area (Å²) < 4.78 is 18.6. The molecule has 210 valence electrons. The minimum atomic E-state index is -1.06.